The molecule has 2 heteroatoms. The Kier molecular flexibility index (Phi) is 3.98. The molecule has 3 rings (SSSR count). The Morgan fingerprint density at radius 2 is 1.81 bits per heavy atom. The molecule has 1 aliphatic heterocycles. The molecular formula is C19H23NO. The van der Waals surface area contributed by atoms with Gasteiger partial charge in [-0.3, -0.25) is 0 Å². The van der Waals surface area contributed by atoms with E-state index in [4.69, 9.17) is 10.5 Å². The molecule has 0 saturated heterocycles. The van der Waals surface area contributed by atoms with E-state index in [2.05, 4.69) is 49.4 Å². The quantitative estimate of drug-likeness (QED) is 0.922. The minimum atomic E-state index is -0.198. The second-order valence-corrected chi connectivity index (χ2v) is 6.39. The number of para-hydroxylation sites is 1. The lowest BCUT2D eigenvalue weighted by Crippen LogP contribution is -2.40. The zero-order chi connectivity index (χ0) is 14.7. The van der Waals surface area contributed by atoms with Crippen molar-refractivity contribution in [3.05, 3.63) is 65.7 Å². The molecular weight excluding hydrogens is 258 g/mol. The zero-order valence-corrected chi connectivity index (χ0v) is 12.6. The van der Waals surface area contributed by atoms with Crippen molar-refractivity contribution < 1.29 is 4.74 Å². The molecule has 0 amide bonds. The third-order valence-electron chi connectivity index (χ3n) is 4.25. The van der Waals surface area contributed by atoms with Crippen LogP contribution in [0.1, 0.15) is 36.8 Å². The van der Waals surface area contributed by atoms with Gasteiger partial charge in [0.2, 0.25) is 0 Å². The standard InChI is InChI=1S/C19H23NO/c1-19(20,13-15-7-3-2-4-8-15)14-16-11-12-21-18-10-6-5-9-17(16)18/h2-10,16H,11-14,20H2,1H3. The van der Waals surface area contributed by atoms with Gasteiger partial charge in [-0.1, -0.05) is 48.5 Å². The summed E-state index contributed by atoms with van der Waals surface area (Å²) in [7, 11) is 0. The highest BCUT2D eigenvalue weighted by atomic mass is 16.5. The van der Waals surface area contributed by atoms with Crippen LogP contribution in [0.5, 0.6) is 5.75 Å². The summed E-state index contributed by atoms with van der Waals surface area (Å²) in [6.07, 6.45) is 2.95. The molecule has 2 aromatic rings. The van der Waals surface area contributed by atoms with Crippen LogP contribution in [-0.4, -0.2) is 12.1 Å². The van der Waals surface area contributed by atoms with Crippen molar-refractivity contribution in [2.75, 3.05) is 6.61 Å². The van der Waals surface area contributed by atoms with Gasteiger partial charge in [-0.2, -0.15) is 0 Å². The molecule has 0 saturated carbocycles. The lowest BCUT2D eigenvalue weighted by atomic mass is 9.79. The van der Waals surface area contributed by atoms with Crippen LogP contribution < -0.4 is 10.5 Å². The molecule has 21 heavy (non-hydrogen) atoms. The fraction of sp³-hybridized carbons (Fsp3) is 0.368. The van der Waals surface area contributed by atoms with Crippen LogP contribution in [0.3, 0.4) is 0 Å². The monoisotopic (exact) mass is 281 g/mol. The predicted octanol–water partition coefficient (Wildman–Crippen LogP) is 3.90. The van der Waals surface area contributed by atoms with Crippen molar-refractivity contribution in [3.8, 4) is 5.75 Å². The highest BCUT2D eigenvalue weighted by Crippen LogP contribution is 2.38. The van der Waals surface area contributed by atoms with E-state index in [0.717, 1.165) is 31.6 Å². The summed E-state index contributed by atoms with van der Waals surface area (Å²) in [5.41, 5.74) is 9.02. The first-order valence-electron chi connectivity index (χ1n) is 7.69. The molecule has 0 radical (unpaired) electrons. The molecule has 0 fully saturated rings. The van der Waals surface area contributed by atoms with Gasteiger partial charge in [-0.05, 0) is 49.3 Å². The Morgan fingerprint density at radius 3 is 2.62 bits per heavy atom. The van der Waals surface area contributed by atoms with Gasteiger partial charge in [0, 0.05) is 5.54 Å². The number of rotatable bonds is 4. The Hall–Kier alpha value is -1.80. The largest absolute Gasteiger partial charge is 0.493 e. The summed E-state index contributed by atoms with van der Waals surface area (Å²) in [6.45, 7) is 2.96. The van der Waals surface area contributed by atoms with E-state index in [0.29, 0.717) is 5.92 Å². The van der Waals surface area contributed by atoms with E-state index in [1.807, 2.05) is 12.1 Å². The molecule has 110 valence electrons. The Bertz CT molecular complexity index is 592. The molecule has 0 aromatic heterocycles. The average molecular weight is 281 g/mol. The maximum atomic E-state index is 6.60. The van der Waals surface area contributed by atoms with Gasteiger partial charge in [-0.25, -0.2) is 0 Å². The van der Waals surface area contributed by atoms with E-state index in [1.54, 1.807) is 0 Å². The molecule has 2 nitrogen and oxygen atoms in total. The van der Waals surface area contributed by atoms with Crippen LogP contribution in [0, 0.1) is 0 Å². The van der Waals surface area contributed by atoms with Crippen LogP contribution in [0.25, 0.3) is 0 Å². The first kappa shape index (κ1) is 14.2. The van der Waals surface area contributed by atoms with E-state index in [-0.39, 0.29) is 5.54 Å². The molecule has 2 atom stereocenters. The van der Waals surface area contributed by atoms with Gasteiger partial charge in [0.1, 0.15) is 5.75 Å². The molecule has 0 aliphatic carbocycles. The molecule has 2 aromatic carbocycles. The summed E-state index contributed by atoms with van der Waals surface area (Å²) in [6, 6.07) is 18.9. The van der Waals surface area contributed by atoms with Crippen LogP contribution >= 0.6 is 0 Å². The number of hydrogen-bond donors (Lipinski definition) is 1. The van der Waals surface area contributed by atoms with Crippen molar-refractivity contribution in [1.82, 2.24) is 0 Å². The Morgan fingerprint density at radius 1 is 1.10 bits per heavy atom. The second-order valence-electron chi connectivity index (χ2n) is 6.39. The molecule has 1 heterocycles. The van der Waals surface area contributed by atoms with Crippen molar-refractivity contribution in [2.24, 2.45) is 5.73 Å². The van der Waals surface area contributed by atoms with Crippen molar-refractivity contribution >= 4 is 0 Å². The minimum Gasteiger partial charge on any atom is -0.493 e. The SMILES string of the molecule is CC(N)(Cc1ccccc1)CC1CCOc2ccccc21. The maximum absolute atomic E-state index is 6.60. The smallest absolute Gasteiger partial charge is 0.122 e. The van der Waals surface area contributed by atoms with Gasteiger partial charge in [-0.15, -0.1) is 0 Å². The Labute approximate surface area is 126 Å². The molecule has 0 bridgehead atoms. The summed E-state index contributed by atoms with van der Waals surface area (Å²) < 4.78 is 5.75. The van der Waals surface area contributed by atoms with Crippen molar-refractivity contribution in [2.45, 2.75) is 37.6 Å². The molecule has 2 N–H and O–H groups in total. The summed E-state index contributed by atoms with van der Waals surface area (Å²) in [5.74, 6) is 1.53. The highest BCUT2D eigenvalue weighted by molar-refractivity contribution is 5.38. The first-order chi connectivity index (χ1) is 10.1. The summed E-state index contributed by atoms with van der Waals surface area (Å²) in [4.78, 5) is 0. The lowest BCUT2D eigenvalue weighted by molar-refractivity contribution is 0.246. The normalized spacial score (nSPS) is 20.2. The Balaban J connectivity index is 1.74. The highest BCUT2D eigenvalue weighted by Gasteiger charge is 2.29. The second kappa shape index (κ2) is 5.90. The van der Waals surface area contributed by atoms with Crippen molar-refractivity contribution in [1.29, 1.82) is 0 Å². The van der Waals surface area contributed by atoms with Gasteiger partial charge < -0.3 is 10.5 Å². The molecule has 0 spiro atoms. The maximum Gasteiger partial charge on any atom is 0.122 e. The zero-order valence-electron chi connectivity index (χ0n) is 12.6. The van der Waals surface area contributed by atoms with E-state index in [9.17, 15) is 0 Å². The van der Waals surface area contributed by atoms with Crippen LogP contribution in [0.2, 0.25) is 0 Å². The van der Waals surface area contributed by atoms with Crippen LogP contribution in [0.15, 0.2) is 54.6 Å². The fourth-order valence-corrected chi connectivity index (χ4v) is 3.33. The van der Waals surface area contributed by atoms with Crippen LogP contribution in [0.4, 0.5) is 0 Å². The lowest BCUT2D eigenvalue weighted by Gasteiger charge is -2.33. The molecule has 2 unspecified atom stereocenters. The number of nitrogens with two attached hydrogens (primary N) is 1. The first-order valence-corrected chi connectivity index (χ1v) is 7.69. The van der Waals surface area contributed by atoms with Gasteiger partial charge in [0.15, 0.2) is 0 Å². The van der Waals surface area contributed by atoms with Gasteiger partial charge >= 0.3 is 0 Å². The van der Waals surface area contributed by atoms with E-state index < -0.39 is 0 Å². The summed E-state index contributed by atoms with van der Waals surface area (Å²) in [5, 5.41) is 0. The summed E-state index contributed by atoms with van der Waals surface area (Å²) >= 11 is 0. The average Bonchev–Trinajstić information content (AvgIpc) is 2.48. The van der Waals surface area contributed by atoms with Gasteiger partial charge in [0.25, 0.3) is 0 Å². The van der Waals surface area contributed by atoms with Crippen molar-refractivity contribution in [3.63, 3.8) is 0 Å². The number of ether oxygens (including phenoxy) is 1. The third-order valence-corrected chi connectivity index (χ3v) is 4.25. The number of benzene rings is 2. The third kappa shape index (κ3) is 3.45. The molecule has 1 aliphatic rings. The number of fused-ring (bicyclic) bond motifs is 1. The fourth-order valence-electron chi connectivity index (χ4n) is 3.33. The predicted molar refractivity (Wildman–Crippen MR) is 86.7 cm³/mol. The van der Waals surface area contributed by atoms with Crippen LogP contribution in [-0.2, 0) is 6.42 Å². The van der Waals surface area contributed by atoms with Gasteiger partial charge in [0.05, 0.1) is 6.61 Å². The topological polar surface area (TPSA) is 35.2 Å². The van der Waals surface area contributed by atoms with E-state index >= 15 is 0 Å². The van der Waals surface area contributed by atoms with E-state index in [1.165, 1.54) is 11.1 Å². The number of hydrogen-bond acceptors (Lipinski definition) is 2. The minimum absolute atomic E-state index is 0.198.